The molecule has 0 bridgehead atoms. The summed E-state index contributed by atoms with van der Waals surface area (Å²) in [4.78, 5) is 9.37. The maximum absolute atomic E-state index is 13.2. The zero-order valence-corrected chi connectivity index (χ0v) is 9.26. The molecule has 19 heavy (non-hydrogen) atoms. The summed E-state index contributed by atoms with van der Waals surface area (Å²) >= 11 is 0. The summed E-state index contributed by atoms with van der Waals surface area (Å²) < 4.78 is 63.3. The highest BCUT2D eigenvalue weighted by Gasteiger charge is 2.60. The first-order valence-electron chi connectivity index (χ1n) is 4.66. The van der Waals surface area contributed by atoms with Crippen LogP contribution in [0.2, 0.25) is 0 Å². The molecule has 0 fully saturated rings. The molecule has 0 atom stereocenters. The predicted molar refractivity (Wildman–Crippen MR) is 52.5 cm³/mol. The van der Waals surface area contributed by atoms with Gasteiger partial charge in [-0.05, 0) is 12.5 Å². The van der Waals surface area contributed by atoms with Crippen molar-refractivity contribution < 1.29 is 26.9 Å². The summed E-state index contributed by atoms with van der Waals surface area (Å²) in [5.41, 5.74) is -3.90. The predicted octanol–water partition coefficient (Wildman–Crippen LogP) is 3.43. The number of hydrogen-bond acceptors (Lipinski definition) is 3. The summed E-state index contributed by atoms with van der Waals surface area (Å²) in [5.74, 6) is -5.34. The highest BCUT2D eigenvalue weighted by atomic mass is 19.4. The van der Waals surface area contributed by atoms with Gasteiger partial charge >= 0.3 is 12.1 Å². The van der Waals surface area contributed by atoms with Crippen LogP contribution >= 0.6 is 0 Å². The van der Waals surface area contributed by atoms with Crippen LogP contribution in [-0.2, 0) is 5.92 Å². The quantitative estimate of drug-likeness (QED) is 0.473. The van der Waals surface area contributed by atoms with E-state index in [9.17, 15) is 32.1 Å². The van der Waals surface area contributed by atoms with Crippen molar-refractivity contribution in [2.45, 2.75) is 19.0 Å². The van der Waals surface area contributed by atoms with Crippen LogP contribution in [0.1, 0.15) is 16.7 Å². The lowest BCUT2D eigenvalue weighted by atomic mass is 9.96. The highest BCUT2D eigenvalue weighted by Crippen LogP contribution is 2.46. The normalized spacial score (nSPS) is 12.1. The molecule has 0 spiro atoms. The average Bonchev–Trinajstić information content (AvgIpc) is 2.26. The lowest BCUT2D eigenvalue weighted by molar-refractivity contribution is -0.385. The van der Waals surface area contributed by atoms with Gasteiger partial charge in [-0.1, -0.05) is 0 Å². The topological polar surface area (TPSA) is 66.9 Å². The zero-order valence-electron chi connectivity index (χ0n) is 9.26. The Morgan fingerprint density at radius 1 is 1.26 bits per heavy atom. The Hall–Kier alpha value is -2.24. The number of halogens is 5. The minimum Gasteiger partial charge on any atom is -0.258 e. The number of nitro groups is 1. The third kappa shape index (κ3) is 2.47. The van der Waals surface area contributed by atoms with Gasteiger partial charge in [-0.2, -0.15) is 27.2 Å². The fraction of sp³-hybridized carbons (Fsp3) is 0.300. The third-order valence-electron chi connectivity index (χ3n) is 2.34. The Kier molecular flexibility index (Phi) is 3.48. The Morgan fingerprint density at radius 3 is 2.16 bits per heavy atom. The summed E-state index contributed by atoms with van der Waals surface area (Å²) in [5, 5.41) is 19.1. The molecule has 9 heteroatoms. The Labute approximate surface area is 103 Å². The number of aryl methyl sites for hydroxylation is 1. The first-order valence-corrected chi connectivity index (χ1v) is 4.66. The molecule has 1 rings (SSSR count). The van der Waals surface area contributed by atoms with Crippen molar-refractivity contribution in [3.05, 3.63) is 38.9 Å². The molecule has 0 unspecified atom stereocenters. The molecule has 0 N–H and O–H groups in total. The molecular formula is C10H5F5N2O2. The third-order valence-corrected chi connectivity index (χ3v) is 2.34. The van der Waals surface area contributed by atoms with Gasteiger partial charge in [-0.3, -0.25) is 10.1 Å². The van der Waals surface area contributed by atoms with Crippen LogP contribution in [0.4, 0.5) is 27.6 Å². The number of benzene rings is 1. The van der Waals surface area contributed by atoms with Crippen LogP contribution in [0.25, 0.3) is 0 Å². The van der Waals surface area contributed by atoms with Gasteiger partial charge in [0.1, 0.15) is 0 Å². The van der Waals surface area contributed by atoms with Crippen molar-refractivity contribution >= 4 is 5.69 Å². The fourth-order valence-electron chi connectivity index (χ4n) is 1.42. The maximum Gasteiger partial charge on any atom is 0.458 e. The van der Waals surface area contributed by atoms with Gasteiger partial charge in [0.25, 0.3) is 5.69 Å². The van der Waals surface area contributed by atoms with Gasteiger partial charge in [0.2, 0.25) is 0 Å². The number of non-ortho nitro benzene ring substituents is 1. The van der Waals surface area contributed by atoms with Crippen LogP contribution < -0.4 is 0 Å². The van der Waals surface area contributed by atoms with Gasteiger partial charge in [0, 0.05) is 12.1 Å². The van der Waals surface area contributed by atoms with E-state index in [2.05, 4.69) is 0 Å². The van der Waals surface area contributed by atoms with Gasteiger partial charge in [-0.25, -0.2) is 0 Å². The van der Waals surface area contributed by atoms with E-state index in [0.29, 0.717) is 0 Å². The molecule has 0 aliphatic heterocycles. The van der Waals surface area contributed by atoms with Crippen LogP contribution in [-0.4, -0.2) is 11.1 Å². The molecule has 0 aliphatic carbocycles. The Balaban J connectivity index is 3.67. The summed E-state index contributed by atoms with van der Waals surface area (Å²) in [6, 6.07) is 2.03. The largest absolute Gasteiger partial charge is 0.458 e. The van der Waals surface area contributed by atoms with E-state index in [1.807, 2.05) is 0 Å². The summed E-state index contributed by atoms with van der Waals surface area (Å²) in [7, 11) is 0. The molecular weight excluding hydrogens is 275 g/mol. The number of nitriles is 1. The Morgan fingerprint density at radius 2 is 1.79 bits per heavy atom. The first-order chi connectivity index (χ1) is 8.52. The monoisotopic (exact) mass is 280 g/mol. The number of alkyl halides is 5. The number of nitrogens with zero attached hydrogens (tertiary/aromatic N) is 2. The average molecular weight is 280 g/mol. The van der Waals surface area contributed by atoms with Crippen molar-refractivity contribution in [1.29, 1.82) is 5.26 Å². The van der Waals surface area contributed by atoms with E-state index in [4.69, 9.17) is 5.26 Å². The van der Waals surface area contributed by atoms with Crippen molar-refractivity contribution in [1.82, 2.24) is 0 Å². The van der Waals surface area contributed by atoms with Crippen LogP contribution in [0.15, 0.2) is 12.1 Å². The smallest absolute Gasteiger partial charge is 0.258 e. The molecule has 0 saturated carbocycles. The minimum absolute atomic E-state index is 0.0685. The minimum atomic E-state index is -5.94. The number of nitro benzene ring substituents is 1. The van der Waals surface area contributed by atoms with Crippen molar-refractivity contribution in [2.24, 2.45) is 0 Å². The molecule has 0 radical (unpaired) electrons. The lowest BCUT2D eigenvalue weighted by Crippen LogP contribution is -2.34. The van der Waals surface area contributed by atoms with Crippen LogP contribution in [0.5, 0.6) is 0 Å². The molecule has 0 amide bonds. The fourth-order valence-corrected chi connectivity index (χ4v) is 1.42. The van der Waals surface area contributed by atoms with E-state index in [1.165, 1.54) is 6.07 Å². The molecule has 1 aromatic rings. The lowest BCUT2D eigenvalue weighted by Gasteiger charge is -2.21. The van der Waals surface area contributed by atoms with Gasteiger partial charge in [-0.15, -0.1) is 0 Å². The standard InChI is InChI=1S/C10H5F5N2O2/c1-5-2-6(17(18)19)3-8(7(5)4-16)9(11,12)10(13,14)15/h2-3H,1H3. The second kappa shape index (κ2) is 4.46. The summed E-state index contributed by atoms with van der Waals surface area (Å²) in [6.45, 7) is 1.04. The molecule has 1 aromatic carbocycles. The summed E-state index contributed by atoms with van der Waals surface area (Å²) in [6.07, 6.45) is -5.94. The van der Waals surface area contributed by atoms with E-state index >= 15 is 0 Å². The zero-order chi connectivity index (χ0) is 15.0. The van der Waals surface area contributed by atoms with E-state index in [-0.39, 0.29) is 11.6 Å². The number of hydrogen-bond donors (Lipinski definition) is 0. The second-order valence-corrected chi connectivity index (χ2v) is 3.63. The van der Waals surface area contributed by atoms with Crippen LogP contribution in [0.3, 0.4) is 0 Å². The molecule has 0 aliphatic rings. The Bertz CT molecular complexity index is 575. The van der Waals surface area contributed by atoms with Gasteiger partial charge < -0.3 is 0 Å². The first kappa shape index (κ1) is 14.8. The molecule has 102 valence electrons. The van der Waals surface area contributed by atoms with E-state index < -0.39 is 33.8 Å². The van der Waals surface area contributed by atoms with Crippen LogP contribution in [0, 0.1) is 28.4 Å². The van der Waals surface area contributed by atoms with Crippen molar-refractivity contribution in [2.75, 3.05) is 0 Å². The number of rotatable bonds is 2. The maximum atomic E-state index is 13.2. The van der Waals surface area contributed by atoms with E-state index in [0.717, 1.165) is 13.0 Å². The van der Waals surface area contributed by atoms with E-state index in [1.54, 1.807) is 0 Å². The highest BCUT2D eigenvalue weighted by molar-refractivity contribution is 5.53. The van der Waals surface area contributed by atoms with Crippen molar-refractivity contribution in [3.8, 4) is 6.07 Å². The van der Waals surface area contributed by atoms with Crippen molar-refractivity contribution in [3.63, 3.8) is 0 Å². The SMILES string of the molecule is Cc1cc([N+](=O)[O-])cc(C(F)(F)C(F)(F)F)c1C#N. The molecule has 4 nitrogen and oxygen atoms in total. The molecule has 0 saturated heterocycles. The van der Waals surface area contributed by atoms with Gasteiger partial charge in [0.05, 0.1) is 22.1 Å². The molecule has 0 heterocycles. The molecule has 0 aromatic heterocycles. The van der Waals surface area contributed by atoms with Gasteiger partial charge in [0.15, 0.2) is 0 Å². The second-order valence-electron chi connectivity index (χ2n) is 3.63.